The fourth-order valence-corrected chi connectivity index (χ4v) is 5.55. The third kappa shape index (κ3) is 4.09. The lowest BCUT2D eigenvalue weighted by molar-refractivity contribution is -0.113. The van der Waals surface area contributed by atoms with Gasteiger partial charge in [0.05, 0.1) is 11.1 Å². The first kappa shape index (κ1) is 19.7. The summed E-state index contributed by atoms with van der Waals surface area (Å²) in [6.07, 6.45) is 3.03. The molecule has 0 aliphatic heterocycles. The van der Waals surface area contributed by atoms with Gasteiger partial charge in [0.25, 0.3) is 5.56 Å². The van der Waals surface area contributed by atoms with Crippen LogP contribution in [0.25, 0.3) is 10.2 Å². The molecule has 0 atom stereocenters. The zero-order chi connectivity index (χ0) is 20.5. The second-order valence-corrected chi connectivity index (χ2v) is 9.19. The van der Waals surface area contributed by atoms with Crippen LogP contribution >= 0.6 is 23.1 Å². The van der Waals surface area contributed by atoms with Crippen molar-refractivity contribution in [1.29, 1.82) is 0 Å². The van der Waals surface area contributed by atoms with Crippen molar-refractivity contribution in [3.63, 3.8) is 0 Å². The van der Waals surface area contributed by atoms with Gasteiger partial charge in [0.15, 0.2) is 5.16 Å². The molecular formula is C21H21N3O3S2. The normalized spacial score (nSPS) is 12.9. The van der Waals surface area contributed by atoms with Crippen molar-refractivity contribution in [3.8, 4) is 5.75 Å². The van der Waals surface area contributed by atoms with E-state index in [1.807, 2.05) is 6.92 Å². The lowest BCUT2D eigenvalue weighted by Gasteiger charge is -2.12. The number of aromatic nitrogens is 2. The molecule has 150 valence electrons. The molecule has 0 saturated heterocycles. The van der Waals surface area contributed by atoms with Gasteiger partial charge >= 0.3 is 0 Å². The van der Waals surface area contributed by atoms with Crippen LogP contribution in [-0.2, 0) is 24.2 Å². The van der Waals surface area contributed by atoms with E-state index >= 15 is 0 Å². The molecule has 0 radical (unpaired) electrons. The van der Waals surface area contributed by atoms with Crippen LogP contribution in [0.1, 0.15) is 23.8 Å². The number of benzene rings is 1. The molecule has 3 aromatic rings. The number of aryl methyl sites for hydroxylation is 2. The summed E-state index contributed by atoms with van der Waals surface area (Å²) in [5.74, 6) is 0.0622. The predicted molar refractivity (Wildman–Crippen MR) is 118 cm³/mol. The Balaban J connectivity index is 1.60. The van der Waals surface area contributed by atoms with Gasteiger partial charge in [0.2, 0.25) is 5.91 Å². The molecule has 1 aliphatic carbocycles. The third-order valence-corrected chi connectivity index (χ3v) is 6.86. The number of nitrogens with one attached hydrogen (secondary N) is 1. The Hall–Kier alpha value is -2.58. The number of thiophene rings is 1. The Morgan fingerprint density at radius 1 is 1.34 bits per heavy atom. The summed E-state index contributed by atoms with van der Waals surface area (Å²) < 4.78 is 1.63. The fraction of sp³-hybridized carbons (Fsp3) is 0.286. The molecule has 2 heterocycles. The molecule has 1 aliphatic rings. The van der Waals surface area contributed by atoms with Gasteiger partial charge in [-0.25, -0.2) is 4.98 Å². The Morgan fingerprint density at radius 3 is 2.83 bits per heavy atom. The highest BCUT2D eigenvalue weighted by atomic mass is 32.2. The average Bonchev–Trinajstić information content (AvgIpc) is 3.25. The molecule has 0 unspecified atom stereocenters. The van der Waals surface area contributed by atoms with Gasteiger partial charge in [-0.15, -0.1) is 11.3 Å². The van der Waals surface area contributed by atoms with Crippen LogP contribution in [0.5, 0.6) is 5.75 Å². The predicted octanol–water partition coefficient (Wildman–Crippen LogP) is 3.96. The van der Waals surface area contributed by atoms with E-state index in [0.29, 0.717) is 17.4 Å². The lowest BCUT2D eigenvalue weighted by Crippen LogP contribution is -2.24. The minimum absolute atomic E-state index is 0.0427. The SMILES string of the molecule is C=C(C)Cn1c(SCC(=O)Nc2ccc(O)cc2)nc2sc3c(c2c1=O)CCC3. The van der Waals surface area contributed by atoms with Crippen molar-refractivity contribution in [2.24, 2.45) is 0 Å². The Kier molecular flexibility index (Phi) is 5.47. The number of carbonyl (C=O) groups is 1. The van der Waals surface area contributed by atoms with Gasteiger partial charge in [0, 0.05) is 17.1 Å². The molecule has 1 aromatic carbocycles. The molecule has 0 spiro atoms. The summed E-state index contributed by atoms with van der Waals surface area (Å²) in [6.45, 7) is 6.20. The molecule has 2 aromatic heterocycles. The van der Waals surface area contributed by atoms with E-state index in [4.69, 9.17) is 4.98 Å². The van der Waals surface area contributed by atoms with E-state index in [9.17, 15) is 14.7 Å². The number of rotatable bonds is 6. The highest BCUT2D eigenvalue weighted by Gasteiger charge is 2.23. The minimum Gasteiger partial charge on any atom is -0.508 e. The van der Waals surface area contributed by atoms with Gasteiger partial charge in [0.1, 0.15) is 10.6 Å². The summed E-state index contributed by atoms with van der Waals surface area (Å²) in [5.41, 5.74) is 2.57. The highest BCUT2D eigenvalue weighted by Crippen LogP contribution is 2.35. The second kappa shape index (κ2) is 8.04. The van der Waals surface area contributed by atoms with Crippen LogP contribution in [0.15, 0.2) is 46.4 Å². The first-order valence-corrected chi connectivity index (χ1v) is 11.1. The summed E-state index contributed by atoms with van der Waals surface area (Å²) >= 11 is 2.84. The molecular weight excluding hydrogens is 406 g/mol. The highest BCUT2D eigenvalue weighted by molar-refractivity contribution is 7.99. The zero-order valence-electron chi connectivity index (χ0n) is 16.0. The molecule has 2 N–H and O–H groups in total. The fourth-order valence-electron chi connectivity index (χ4n) is 3.45. The number of nitrogens with zero attached hydrogens (tertiary/aromatic N) is 2. The van der Waals surface area contributed by atoms with Gasteiger partial charge in [-0.1, -0.05) is 23.9 Å². The van der Waals surface area contributed by atoms with Gasteiger partial charge in [-0.2, -0.15) is 0 Å². The van der Waals surface area contributed by atoms with Crippen LogP contribution in [0.3, 0.4) is 0 Å². The average molecular weight is 428 g/mol. The largest absolute Gasteiger partial charge is 0.508 e. The van der Waals surface area contributed by atoms with E-state index in [0.717, 1.165) is 40.6 Å². The van der Waals surface area contributed by atoms with Gasteiger partial charge in [-0.05, 0) is 56.0 Å². The number of hydrogen-bond acceptors (Lipinski definition) is 6. The van der Waals surface area contributed by atoms with Crippen molar-refractivity contribution >= 4 is 44.9 Å². The van der Waals surface area contributed by atoms with Crippen LogP contribution in [0, 0.1) is 0 Å². The number of aromatic hydroxyl groups is 1. The number of thioether (sulfide) groups is 1. The number of phenolic OH excluding ortho intramolecular Hbond substituents is 1. The topological polar surface area (TPSA) is 84.2 Å². The number of hydrogen-bond donors (Lipinski definition) is 2. The summed E-state index contributed by atoms with van der Waals surface area (Å²) in [5, 5.41) is 13.4. The summed E-state index contributed by atoms with van der Waals surface area (Å²) in [6, 6.07) is 6.29. The monoisotopic (exact) mass is 427 g/mol. The molecule has 0 saturated carbocycles. The van der Waals surface area contributed by atoms with E-state index < -0.39 is 0 Å². The number of carbonyl (C=O) groups excluding carboxylic acids is 1. The maximum absolute atomic E-state index is 13.2. The Morgan fingerprint density at radius 2 is 2.10 bits per heavy atom. The first-order chi connectivity index (χ1) is 13.9. The van der Waals surface area contributed by atoms with Crippen molar-refractivity contribution < 1.29 is 9.90 Å². The number of amides is 1. The zero-order valence-corrected chi connectivity index (χ0v) is 17.7. The number of phenols is 1. The molecule has 29 heavy (non-hydrogen) atoms. The lowest BCUT2D eigenvalue weighted by atomic mass is 10.2. The molecule has 1 amide bonds. The minimum atomic E-state index is -0.203. The second-order valence-electron chi connectivity index (χ2n) is 7.16. The summed E-state index contributed by atoms with van der Waals surface area (Å²) in [4.78, 5) is 32.3. The molecule has 0 fully saturated rings. The standard InChI is InChI=1S/C21H21N3O3S2/c1-12(2)10-24-20(27)18-15-4-3-5-16(15)29-19(18)23-21(24)28-11-17(26)22-13-6-8-14(25)9-7-13/h6-9,25H,1,3-5,10-11H2,2H3,(H,22,26). The molecule has 6 nitrogen and oxygen atoms in total. The Labute approximate surface area is 176 Å². The number of fused-ring (bicyclic) bond motifs is 3. The Bertz CT molecular complexity index is 1160. The quantitative estimate of drug-likeness (QED) is 0.269. The molecule has 4 rings (SSSR count). The van der Waals surface area contributed by atoms with Crippen LogP contribution in [-0.4, -0.2) is 26.3 Å². The van der Waals surface area contributed by atoms with E-state index in [2.05, 4.69) is 11.9 Å². The third-order valence-electron chi connectivity index (χ3n) is 4.70. The maximum atomic E-state index is 13.2. The van der Waals surface area contributed by atoms with Gasteiger partial charge in [-0.3, -0.25) is 14.2 Å². The van der Waals surface area contributed by atoms with Crippen LogP contribution in [0.2, 0.25) is 0 Å². The van der Waals surface area contributed by atoms with Crippen LogP contribution < -0.4 is 10.9 Å². The first-order valence-electron chi connectivity index (χ1n) is 9.33. The van der Waals surface area contributed by atoms with Gasteiger partial charge < -0.3 is 10.4 Å². The molecule has 8 heteroatoms. The van der Waals surface area contributed by atoms with E-state index in [-0.39, 0.29) is 23.0 Å². The van der Waals surface area contributed by atoms with Crippen molar-refractivity contribution in [2.45, 2.75) is 37.9 Å². The van der Waals surface area contributed by atoms with E-state index in [1.165, 1.54) is 28.8 Å². The van der Waals surface area contributed by atoms with Crippen LogP contribution in [0.4, 0.5) is 5.69 Å². The maximum Gasteiger partial charge on any atom is 0.263 e. The van der Waals surface area contributed by atoms with Crippen molar-refractivity contribution in [2.75, 3.05) is 11.1 Å². The smallest absolute Gasteiger partial charge is 0.263 e. The van der Waals surface area contributed by atoms with Crippen molar-refractivity contribution in [3.05, 3.63) is 57.2 Å². The van der Waals surface area contributed by atoms with E-state index in [1.54, 1.807) is 28.0 Å². The summed E-state index contributed by atoms with van der Waals surface area (Å²) in [7, 11) is 0. The number of allylic oxidation sites excluding steroid dienone is 1. The number of anilines is 1. The van der Waals surface area contributed by atoms with Crippen molar-refractivity contribution in [1.82, 2.24) is 9.55 Å². The molecule has 0 bridgehead atoms.